The molecule has 2 saturated heterocycles. The molecule has 2 aliphatic rings. The summed E-state index contributed by atoms with van der Waals surface area (Å²) >= 11 is 11.5. The molecule has 0 radical (unpaired) electrons. The first-order valence-electron chi connectivity index (χ1n) is 45.1. The van der Waals surface area contributed by atoms with E-state index in [1.807, 2.05) is 175 Å². The monoisotopic (exact) mass is 2140 g/mol. The number of rotatable bonds is 35. The van der Waals surface area contributed by atoms with Gasteiger partial charge in [-0.25, -0.2) is 31.2 Å². The van der Waals surface area contributed by atoms with E-state index in [0.717, 1.165) is 102 Å². The zero-order valence-electron chi connectivity index (χ0n) is 82.0. The SMILES string of the molecule is C=CS(=O)(=O)c1ccc(Cl)cc1.CC(C)(C)C(=O)OC[C@H]1O[C@@H](n2ccc(=O)[nH]c2=O)C(O)C1OP(C)(=O)O.COc1ccc(C(OCc2ccc(CP(C)(=O)OC3C(OC(=O)OCCS(=O)(=O)c4ccc(Cl)cc4)[C@H](n4ccc(=O)[nH]c4=O)O[C@@H]3COC(=O)C(C)(C)C)cc2)(c2ccccc2)c2ccc(OC)cc2)cc1.COc1ccc(C(OCc2ccc(O)cc2)(c2ccccc2)c2ccc(OC)cc2)cc1.O=C=O. The number of phenolic OH excluding ortho intramolecular Hbond substituents is 1. The van der Waals surface area contributed by atoms with E-state index in [1.165, 1.54) is 55.2 Å². The lowest BCUT2D eigenvalue weighted by Crippen LogP contribution is -2.42. The van der Waals surface area contributed by atoms with Gasteiger partial charge in [-0.3, -0.25) is 51.9 Å². The van der Waals surface area contributed by atoms with E-state index in [0.29, 0.717) is 33.7 Å². The Balaban J connectivity index is 0.000000242. The molecule has 147 heavy (non-hydrogen) atoms. The van der Waals surface area contributed by atoms with Crippen LogP contribution in [-0.4, -0.2) is 179 Å². The van der Waals surface area contributed by atoms with Gasteiger partial charge in [0.2, 0.25) is 7.37 Å². The Morgan fingerprint density at radius 1 is 0.476 bits per heavy atom. The van der Waals surface area contributed by atoms with Gasteiger partial charge < -0.3 is 76.5 Å². The number of H-pyrrole nitrogens is 2. The normalized spacial score (nSPS) is 17.4. The molecule has 2 fully saturated rings. The second kappa shape index (κ2) is 51.7. The first-order valence-corrected chi connectivity index (χ1v) is 53.3. The highest BCUT2D eigenvalue weighted by molar-refractivity contribution is 7.94. The van der Waals surface area contributed by atoms with Crippen LogP contribution in [0.5, 0.6) is 28.7 Å². The summed E-state index contributed by atoms with van der Waals surface area (Å²) in [4.78, 5) is 117. The quantitative estimate of drug-likeness (QED) is 0.0107. The topological polar surface area (TPSA) is 487 Å². The smallest absolute Gasteiger partial charge is 0.508 e. The van der Waals surface area contributed by atoms with Crippen LogP contribution >= 0.6 is 38.2 Å². The molecule has 10 atom stereocenters. The summed E-state index contributed by atoms with van der Waals surface area (Å²) in [5.41, 5.74) is 0.989. The van der Waals surface area contributed by atoms with Crippen LogP contribution < -0.4 is 41.4 Å². The molecule has 0 bridgehead atoms. The van der Waals surface area contributed by atoms with Crippen LogP contribution in [-0.2, 0) is 126 Å². The Bertz CT molecular complexity index is 6960. The van der Waals surface area contributed by atoms with E-state index in [4.69, 9.17) is 98.7 Å². The maximum absolute atomic E-state index is 14.7. The molecule has 42 heteroatoms. The standard InChI is InChI=1S/C53H56ClN2O15PS.C28H26O4.C15H23N2O9P.C8H7ClO2S.CO2/c1-52(2,3)49(58)67-33-44-46(47(48(69-44)56-29-28-45(57)55-50(56)59)70-51(60)66-30-31-73(62,63)43-26-20-40(54)21-27-43)71-72(6,61)34-36-14-12-35(13-15-36)32-68-53(37-10-8-7-9-11-37,38-16-22-41(64-4)23-17-38)39-18-24-42(65-5)25-19-39;1-30-26-16-10-23(11-17-26)28(22-6-4-3-5-7-22,24-12-18-27(31-2)19-13-24)32-20-21-8-14-25(29)15-9-21;1-15(2,3)13(20)24-7-8-11(26-27(4,22)23)10(19)12(25-8)17-6-5-9(18)16-14(17)21;1-2-12(10,11)8-5-3-7(9)4-6-8;2-1-3/h7-29,44,46-48H,30-34H2,1-6H3,(H,55,57,59);3-19,29H,20H2,1-2H3;5-6,8,10-12,19H,7H2,1-4H3,(H,22,23)(H,16,18,21);2-6H,1H2;/t44-,46?,47?,48-,72?;;8-,10?,11?,12-;;/m1.1../s1. The van der Waals surface area contributed by atoms with Gasteiger partial charge in [-0.1, -0.05) is 175 Å². The number of aliphatic hydroxyl groups excluding tert-OH is 1. The number of methoxy groups -OCH3 is 4. The first-order chi connectivity index (χ1) is 69.6. The number of halogens is 2. The van der Waals surface area contributed by atoms with E-state index >= 15 is 0 Å². The molecule has 5 N–H and O–H groups in total. The summed E-state index contributed by atoms with van der Waals surface area (Å²) in [5.74, 6) is 1.34. The number of carbonyl (C=O) groups excluding carboxylic acids is 5. The first kappa shape index (κ1) is 115. The van der Waals surface area contributed by atoms with Crippen molar-refractivity contribution in [1.29, 1.82) is 0 Å². The molecule has 2 aromatic heterocycles. The number of aliphatic hydroxyl groups is 1. The molecule has 780 valence electrons. The third-order valence-corrected chi connectivity index (χ3v) is 28.3. The minimum atomic E-state index is -4.03. The van der Waals surface area contributed by atoms with Crippen LogP contribution in [0.2, 0.25) is 10.0 Å². The molecule has 0 saturated carbocycles. The predicted molar refractivity (Wildman–Crippen MR) is 542 cm³/mol. The predicted octanol–water partition coefficient (Wildman–Crippen LogP) is 15.9. The second-order valence-corrected chi connectivity index (χ2v) is 44.5. The Kier molecular flexibility index (Phi) is 40.6. The van der Waals surface area contributed by atoms with Gasteiger partial charge in [-0.05, 0) is 201 Å². The van der Waals surface area contributed by atoms with E-state index in [2.05, 4.69) is 23.7 Å². The zero-order valence-corrected chi connectivity index (χ0v) is 86.9. The number of sulfone groups is 2. The highest BCUT2D eigenvalue weighted by Gasteiger charge is 2.54. The number of phenols is 1. The van der Waals surface area contributed by atoms with Crippen molar-refractivity contribution in [2.75, 3.05) is 67.3 Å². The molecule has 14 rings (SSSR count). The number of aromatic nitrogens is 4. The van der Waals surface area contributed by atoms with Gasteiger partial charge in [0.15, 0.2) is 38.2 Å². The van der Waals surface area contributed by atoms with Crippen molar-refractivity contribution >= 4 is 82.1 Å². The van der Waals surface area contributed by atoms with Crippen molar-refractivity contribution in [3.05, 3.63) is 393 Å². The zero-order chi connectivity index (χ0) is 107. The summed E-state index contributed by atoms with van der Waals surface area (Å²) in [5, 5.41) is 21.9. The molecule has 36 nitrogen and oxygen atoms in total. The Morgan fingerprint density at radius 2 is 0.830 bits per heavy atom. The van der Waals surface area contributed by atoms with Crippen molar-refractivity contribution < 1.29 is 131 Å². The molecule has 6 unspecified atom stereocenters. The van der Waals surface area contributed by atoms with Gasteiger partial charge in [0.1, 0.15) is 90.3 Å². The number of aromatic amines is 2. The molecule has 0 spiro atoms. The summed E-state index contributed by atoms with van der Waals surface area (Å²) in [6.07, 6.45) is -10.4. The summed E-state index contributed by atoms with van der Waals surface area (Å²) in [6, 6.07) is 79.1. The van der Waals surface area contributed by atoms with Gasteiger partial charge in [0.05, 0.1) is 68.0 Å². The summed E-state index contributed by atoms with van der Waals surface area (Å²) in [6.45, 7) is 14.3. The molecule has 4 heterocycles. The van der Waals surface area contributed by atoms with Crippen LogP contribution in [0, 0.1) is 10.8 Å². The molecule has 0 amide bonds. The Hall–Kier alpha value is -13.5. The van der Waals surface area contributed by atoms with Gasteiger partial charge in [-0.15, -0.1) is 0 Å². The lowest BCUT2D eigenvalue weighted by molar-refractivity contribution is -0.191. The summed E-state index contributed by atoms with van der Waals surface area (Å²) < 4.78 is 157. The fraction of sp³-hybridized carbons (Fsp3) is 0.295. The van der Waals surface area contributed by atoms with Crippen LogP contribution in [0.4, 0.5) is 4.79 Å². The third-order valence-electron chi connectivity index (χ3n) is 22.5. The minimum absolute atomic E-state index is 0.0575. The maximum atomic E-state index is 14.7. The average molecular weight is 2140 g/mol. The molecular formula is C105H112Cl2N4O32P2S2. The van der Waals surface area contributed by atoms with E-state index in [9.17, 15) is 74.6 Å². The number of esters is 2. The molecular weight excluding hydrogens is 2030 g/mol. The number of nitrogens with one attached hydrogen (secondary N) is 2. The van der Waals surface area contributed by atoms with Crippen molar-refractivity contribution in [3.8, 4) is 28.7 Å². The molecule has 2 aliphatic heterocycles. The number of benzene rings is 10. The maximum Gasteiger partial charge on any atom is 0.508 e. The summed E-state index contributed by atoms with van der Waals surface area (Å²) in [7, 11) is -8.57. The Labute approximate surface area is 857 Å². The number of aromatic hydroxyl groups is 1. The highest BCUT2D eigenvalue weighted by Crippen LogP contribution is 2.53. The lowest BCUT2D eigenvalue weighted by atomic mass is 9.80. The Morgan fingerprint density at radius 3 is 1.20 bits per heavy atom. The number of hydrogen-bond donors (Lipinski definition) is 5. The average Bonchev–Trinajstić information content (AvgIpc) is 1.58. The number of hydrogen-bond acceptors (Lipinski definition) is 31. The van der Waals surface area contributed by atoms with Crippen LogP contribution in [0.25, 0.3) is 0 Å². The van der Waals surface area contributed by atoms with Gasteiger partial charge >= 0.3 is 43.2 Å². The molecule has 12 aromatic rings. The van der Waals surface area contributed by atoms with Crippen molar-refractivity contribution in [2.45, 2.75) is 131 Å². The van der Waals surface area contributed by atoms with Crippen molar-refractivity contribution in [3.63, 3.8) is 0 Å². The van der Waals surface area contributed by atoms with E-state index in [1.54, 1.807) is 94.2 Å². The number of ether oxygens (including phenoxy) is 12. The molecule has 0 aliphatic carbocycles. The minimum Gasteiger partial charge on any atom is -0.508 e. The molecule has 10 aromatic carbocycles. The second-order valence-electron chi connectivity index (χ2n) is 35.2. The third kappa shape index (κ3) is 31.5. The fourth-order valence-electron chi connectivity index (χ4n) is 15.1. The van der Waals surface area contributed by atoms with Crippen LogP contribution in [0.15, 0.2) is 320 Å². The highest BCUT2D eigenvalue weighted by atomic mass is 35.5. The van der Waals surface area contributed by atoms with Crippen LogP contribution in [0.1, 0.15) is 104 Å². The lowest BCUT2D eigenvalue weighted by Gasteiger charge is -2.36. The van der Waals surface area contributed by atoms with Gasteiger partial charge in [0, 0.05) is 59.5 Å². The van der Waals surface area contributed by atoms with Gasteiger partial charge in [-0.2, -0.15) is 9.59 Å². The van der Waals surface area contributed by atoms with Crippen LogP contribution in [0.3, 0.4) is 0 Å². The van der Waals surface area contributed by atoms with Gasteiger partial charge in [0.25, 0.3) is 11.1 Å². The van der Waals surface area contributed by atoms with E-state index in [-0.39, 0.29) is 41.1 Å². The fourth-order valence-corrected chi connectivity index (χ4v) is 19.6. The van der Waals surface area contributed by atoms with Crippen molar-refractivity contribution in [1.82, 2.24) is 19.1 Å². The number of nitrogens with zero attached hydrogens (tertiary/aromatic N) is 2. The van der Waals surface area contributed by atoms with Crippen molar-refractivity contribution in [2.24, 2.45) is 10.8 Å². The largest absolute Gasteiger partial charge is 0.508 e. The number of carbonyl (C=O) groups is 3. The van der Waals surface area contributed by atoms with E-state index < -0.39 is 165 Å².